The highest BCUT2D eigenvalue weighted by Crippen LogP contribution is 2.11. The number of benzene rings is 1. The van der Waals surface area contributed by atoms with E-state index in [1.165, 1.54) is 0 Å². The second kappa shape index (κ2) is 14.8. The van der Waals surface area contributed by atoms with E-state index < -0.39 is 18.1 Å². The van der Waals surface area contributed by atoms with Crippen molar-refractivity contribution < 1.29 is 19.2 Å². The van der Waals surface area contributed by atoms with Gasteiger partial charge in [-0.2, -0.15) is 0 Å². The van der Waals surface area contributed by atoms with E-state index in [1.807, 2.05) is 32.9 Å². The summed E-state index contributed by atoms with van der Waals surface area (Å²) in [6.45, 7) is 8.65. The lowest BCUT2D eigenvalue weighted by Gasteiger charge is -2.25. The first-order valence-electron chi connectivity index (χ1n) is 11.3. The van der Waals surface area contributed by atoms with Gasteiger partial charge in [0.15, 0.2) is 0 Å². The number of hydrogen-bond acceptors (Lipinski definition) is 5. The number of amides is 5. The van der Waals surface area contributed by atoms with E-state index in [-0.39, 0.29) is 23.6 Å². The van der Waals surface area contributed by atoms with Crippen molar-refractivity contribution in [2.45, 2.75) is 59.0 Å². The molecule has 184 valence electrons. The number of rotatable bonds is 14. The van der Waals surface area contributed by atoms with E-state index in [4.69, 9.17) is 5.73 Å². The van der Waals surface area contributed by atoms with E-state index in [9.17, 15) is 19.2 Å². The normalized spacial score (nSPS) is 12.5. The summed E-state index contributed by atoms with van der Waals surface area (Å²) >= 11 is 0. The van der Waals surface area contributed by atoms with Crippen molar-refractivity contribution >= 4 is 29.4 Å². The van der Waals surface area contributed by atoms with Crippen LogP contribution < -0.4 is 32.3 Å². The predicted octanol–water partition coefficient (Wildman–Crippen LogP) is 1.01. The summed E-state index contributed by atoms with van der Waals surface area (Å²) < 4.78 is 0. The minimum atomic E-state index is -0.795. The SMILES string of the molecule is CCC(=O)NCCN[C@H](C(=O)N[C@@H](CCCNC(N)=O)C(=O)Nc1ccc(C)cc1)C(C)C. The fraction of sp³-hybridized carbons (Fsp3) is 0.565. The highest BCUT2D eigenvalue weighted by molar-refractivity contribution is 5.97. The van der Waals surface area contributed by atoms with Gasteiger partial charge in [0.1, 0.15) is 6.04 Å². The number of carbonyl (C=O) groups is 4. The maximum absolute atomic E-state index is 13.0. The zero-order valence-electron chi connectivity index (χ0n) is 20.0. The molecule has 5 amide bonds. The molecular weight excluding hydrogens is 424 g/mol. The molecule has 7 N–H and O–H groups in total. The van der Waals surface area contributed by atoms with E-state index in [0.29, 0.717) is 44.6 Å². The highest BCUT2D eigenvalue weighted by atomic mass is 16.2. The van der Waals surface area contributed by atoms with Crippen molar-refractivity contribution in [2.24, 2.45) is 11.7 Å². The molecule has 0 aliphatic rings. The number of carbonyl (C=O) groups excluding carboxylic acids is 4. The van der Waals surface area contributed by atoms with Crippen LogP contribution in [0, 0.1) is 12.8 Å². The quantitative estimate of drug-likeness (QED) is 0.228. The van der Waals surface area contributed by atoms with Crippen molar-refractivity contribution in [2.75, 3.05) is 25.0 Å². The maximum Gasteiger partial charge on any atom is 0.312 e. The Morgan fingerprint density at radius 2 is 1.61 bits per heavy atom. The van der Waals surface area contributed by atoms with Crippen LogP contribution in [0.2, 0.25) is 0 Å². The van der Waals surface area contributed by atoms with Crippen LogP contribution in [0.3, 0.4) is 0 Å². The summed E-state index contributed by atoms with van der Waals surface area (Å²) in [5, 5.41) is 14.1. The van der Waals surface area contributed by atoms with Crippen LogP contribution in [0.5, 0.6) is 0 Å². The van der Waals surface area contributed by atoms with Crippen LogP contribution in [0.4, 0.5) is 10.5 Å². The Morgan fingerprint density at radius 1 is 0.939 bits per heavy atom. The van der Waals surface area contributed by atoms with E-state index in [1.54, 1.807) is 19.1 Å². The summed E-state index contributed by atoms with van der Waals surface area (Å²) in [6.07, 6.45) is 1.18. The van der Waals surface area contributed by atoms with Gasteiger partial charge in [0.25, 0.3) is 0 Å². The predicted molar refractivity (Wildman–Crippen MR) is 128 cm³/mol. The Balaban J connectivity index is 2.78. The molecule has 0 saturated heterocycles. The van der Waals surface area contributed by atoms with Gasteiger partial charge < -0.3 is 32.3 Å². The first-order valence-corrected chi connectivity index (χ1v) is 11.3. The minimum Gasteiger partial charge on any atom is -0.355 e. The van der Waals surface area contributed by atoms with Gasteiger partial charge in [-0.25, -0.2) is 4.79 Å². The maximum atomic E-state index is 13.0. The van der Waals surface area contributed by atoms with Gasteiger partial charge in [0.05, 0.1) is 6.04 Å². The van der Waals surface area contributed by atoms with Crippen molar-refractivity contribution in [1.29, 1.82) is 0 Å². The van der Waals surface area contributed by atoms with Gasteiger partial charge in [-0.3, -0.25) is 14.4 Å². The van der Waals surface area contributed by atoms with Crippen LogP contribution in [0.25, 0.3) is 0 Å². The van der Waals surface area contributed by atoms with Gasteiger partial charge in [0.2, 0.25) is 17.7 Å². The summed E-state index contributed by atoms with van der Waals surface area (Å²) in [5.41, 5.74) is 6.79. The van der Waals surface area contributed by atoms with Crippen LogP contribution in [-0.4, -0.2) is 55.5 Å². The van der Waals surface area contributed by atoms with Crippen molar-refractivity contribution in [3.63, 3.8) is 0 Å². The first kappa shape index (κ1) is 27.9. The second-order valence-electron chi connectivity index (χ2n) is 8.23. The number of primary amides is 1. The molecule has 0 aliphatic carbocycles. The molecule has 0 bridgehead atoms. The third kappa shape index (κ3) is 11.3. The van der Waals surface area contributed by atoms with Gasteiger partial charge >= 0.3 is 6.03 Å². The number of urea groups is 1. The molecule has 0 heterocycles. The molecule has 10 heteroatoms. The van der Waals surface area contributed by atoms with E-state index in [2.05, 4.69) is 26.6 Å². The standard InChI is InChI=1S/C23H38N6O4/c1-5-19(30)25-13-14-26-20(15(2)3)22(32)29-18(7-6-12-27-23(24)33)21(31)28-17-10-8-16(4)9-11-17/h8-11,15,18,20,26H,5-7,12-14H2,1-4H3,(H,25,30)(H,28,31)(H,29,32)(H3,24,27,33)/t18-,20-/m0/s1. The highest BCUT2D eigenvalue weighted by Gasteiger charge is 2.27. The second-order valence-corrected chi connectivity index (χ2v) is 8.23. The van der Waals surface area contributed by atoms with E-state index >= 15 is 0 Å². The lowest BCUT2D eigenvalue weighted by molar-refractivity contribution is -0.128. The summed E-state index contributed by atoms with van der Waals surface area (Å²) in [4.78, 5) is 48.2. The molecule has 0 aromatic heterocycles. The molecule has 0 spiro atoms. The average molecular weight is 463 g/mol. The largest absolute Gasteiger partial charge is 0.355 e. The van der Waals surface area contributed by atoms with Gasteiger partial charge in [0, 0.05) is 31.7 Å². The van der Waals surface area contributed by atoms with E-state index in [0.717, 1.165) is 5.56 Å². The third-order valence-corrected chi connectivity index (χ3v) is 5.00. The fourth-order valence-corrected chi connectivity index (χ4v) is 3.10. The number of anilines is 1. The number of hydrogen-bond donors (Lipinski definition) is 6. The zero-order valence-corrected chi connectivity index (χ0v) is 20.0. The molecule has 0 aliphatic heterocycles. The molecule has 0 saturated carbocycles. The lowest BCUT2D eigenvalue weighted by Crippen LogP contribution is -2.54. The Labute approximate surface area is 195 Å². The topological polar surface area (TPSA) is 154 Å². The van der Waals surface area contributed by atoms with Crippen LogP contribution in [0.1, 0.15) is 45.6 Å². The molecule has 0 unspecified atom stereocenters. The first-order chi connectivity index (χ1) is 15.6. The van der Waals surface area contributed by atoms with Gasteiger partial charge in [-0.05, 0) is 37.8 Å². The molecule has 0 fully saturated rings. The molecule has 2 atom stereocenters. The number of nitrogens with one attached hydrogen (secondary N) is 5. The molecule has 10 nitrogen and oxygen atoms in total. The van der Waals surface area contributed by atoms with Gasteiger partial charge in [-0.1, -0.05) is 38.5 Å². The monoisotopic (exact) mass is 462 g/mol. The summed E-state index contributed by atoms with van der Waals surface area (Å²) in [7, 11) is 0. The zero-order chi connectivity index (χ0) is 24.8. The van der Waals surface area contributed by atoms with Crippen molar-refractivity contribution in [3.05, 3.63) is 29.8 Å². The average Bonchev–Trinajstić information content (AvgIpc) is 2.76. The molecule has 1 aromatic carbocycles. The summed E-state index contributed by atoms with van der Waals surface area (Å²) in [5.74, 6) is -0.744. The Bertz CT molecular complexity index is 782. The molecule has 1 aromatic rings. The molecular formula is C23H38N6O4. The van der Waals surface area contributed by atoms with Crippen LogP contribution >= 0.6 is 0 Å². The number of aryl methyl sites for hydroxylation is 1. The number of nitrogens with two attached hydrogens (primary N) is 1. The van der Waals surface area contributed by atoms with Crippen LogP contribution in [-0.2, 0) is 14.4 Å². The lowest BCUT2D eigenvalue weighted by atomic mass is 10.0. The summed E-state index contributed by atoms with van der Waals surface area (Å²) in [6, 6.07) is 5.39. The Hall–Kier alpha value is -3.14. The third-order valence-electron chi connectivity index (χ3n) is 5.00. The van der Waals surface area contributed by atoms with Crippen molar-refractivity contribution in [1.82, 2.24) is 21.3 Å². The molecule has 1 rings (SSSR count). The Morgan fingerprint density at radius 3 is 2.18 bits per heavy atom. The Kier molecular flexibility index (Phi) is 12.5. The van der Waals surface area contributed by atoms with Crippen molar-refractivity contribution in [3.8, 4) is 0 Å². The molecule has 0 radical (unpaired) electrons. The van der Waals surface area contributed by atoms with Gasteiger partial charge in [-0.15, -0.1) is 0 Å². The molecule has 33 heavy (non-hydrogen) atoms. The fourth-order valence-electron chi connectivity index (χ4n) is 3.10. The van der Waals surface area contributed by atoms with Crippen LogP contribution in [0.15, 0.2) is 24.3 Å². The smallest absolute Gasteiger partial charge is 0.312 e. The minimum absolute atomic E-state index is 0.0378.